The molecule has 0 N–H and O–H groups in total. The predicted octanol–water partition coefficient (Wildman–Crippen LogP) is 6.82. The van der Waals surface area contributed by atoms with E-state index in [1.807, 2.05) is 60.7 Å². The van der Waals surface area contributed by atoms with Crippen LogP contribution in [0.15, 0.2) is 103 Å². The highest BCUT2D eigenvalue weighted by Gasteiger charge is 2.16. The van der Waals surface area contributed by atoms with Crippen molar-refractivity contribution in [1.29, 1.82) is 0 Å². The molecule has 0 saturated heterocycles. The zero-order valence-corrected chi connectivity index (χ0v) is 16.9. The minimum atomic E-state index is -0.491. The van der Waals surface area contributed by atoms with Crippen LogP contribution in [0.25, 0.3) is 45.3 Å². The van der Waals surface area contributed by atoms with Crippen LogP contribution in [-0.4, -0.2) is 15.0 Å². The van der Waals surface area contributed by atoms with E-state index in [1.54, 1.807) is 30.3 Å². The van der Waals surface area contributed by atoms with Gasteiger partial charge in [-0.1, -0.05) is 84.9 Å². The maximum atomic E-state index is 14.9. The molecule has 154 valence electrons. The lowest BCUT2D eigenvalue weighted by atomic mass is 10.0. The van der Waals surface area contributed by atoms with Gasteiger partial charge in [-0.25, -0.2) is 23.7 Å². The highest BCUT2D eigenvalue weighted by molar-refractivity contribution is 5.73. The lowest BCUT2D eigenvalue weighted by molar-refractivity contribution is 0.627. The molecule has 5 aromatic rings. The standard InChI is InChI=1S/C27H17F2N3/c28-23-14-8-7-13-21(23)20-15-16-24(29)22(17-20)27-31-25(18-9-3-1-4-10-18)30-26(32-27)19-11-5-2-6-12-19/h1-17H. The van der Waals surface area contributed by atoms with Gasteiger partial charge in [0.15, 0.2) is 17.5 Å². The molecule has 0 fully saturated rings. The van der Waals surface area contributed by atoms with Gasteiger partial charge >= 0.3 is 0 Å². The van der Waals surface area contributed by atoms with Gasteiger partial charge in [0.1, 0.15) is 11.6 Å². The Morgan fingerprint density at radius 3 is 1.50 bits per heavy atom. The van der Waals surface area contributed by atoms with E-state index in [0.717, 1.165) is 11.1 Å². The summed E-state index contributed by atoms with van der Waals surface area (Å²) in [5, 5.41) is 0. The number of hydrogen-bond acceptors (Lipinski definition) is 3. The number of nitrogens with zero attached hydrogens (tertiary/aromatic N) is 3. The van der Waals surface area contributed by atoms with Crippen LogP contribution in [0.4, 0.5) is 8.78 Å². The van der Waals surface area contributed by atoms with Crippen LogP contribution in [0.2, 0.25) is 0 Å². The summed E-state index contributed by atoms with van der Waals surface area (Å²) < 4.78 is 29.3. The van der Waals surface area contributed by atoms with Gasteiger partial charge in [0.25, 0.3) is 0 Å². The molecule has 0 atom stereocenters. The van der Waals surface area contributed by atoms with Gasteiger partial charge in [-0.05, 0) is 23.8 Å². The molecule has 32 heavy (non-hydrogen) atoms. The highest BCUT2D eigenvalue weighted by atomic mass is 19.1. The first-order chi connectivity index (χ1) is 15.7. The van der Waals surface area contributed by atoms with Crippen molar-refractivity contribution in [3.63, 3.8) is 0 Å². The lowest BCUT2D eigenvalue weighted by Gasteiger charge is -2.10. The molecular formula is C27H17F2N3. The maximum Gasteiger partial charge on any atom is 0.167 e. The van der Waals surface area contributed by atoms with Gasteiger partial charge in [-0.2, -0.15) is 0 Å². The van der Waals surface area contributed by atoms with Gasteiger partial charge in [-0.15, -0.1) is 0 Å². The van der Waals surface area contributed by atoms with Crippen molar-refractivity contribution in [3.8, 4) is 45.3 Å². The number of halogens is 2. The minimum Gasteiger partial charge on any atom is -0.208 e. The number of hydrogen-bond donors (Lipinski definition) is 0. The Morgan fingerprint density at radius 2 is 0.906 bits per heavy atom. The Kier molecular flexibility index (Phi) is 5.22. The Labute approximate surface area is 184 Å². The molecular weight excluding hydrogens is 404 g/mol. The topological polar surface area (TPSA) is 38.7 Å². The second-order valence-electron chi connectivity index (χ2n) is 7.21. The normalized spacial score (nSPS) is 10.8. The molecule has 5 rings (SSSR count). The van der Waals surface area contributed by atoms with E-state index >= 15 is 0 Å². The summed E-state index contributed by atoms with van der Waals surface area (Å²) in [6.45, 7) is 0. The molecule has 5 heteroatoms. The van der Waals surface area contributed by atoms with Crippen LogP contribution in [0, 0.1) is 11.6 Å². The molecule has 1 aromatic heterocycles. The highest BCUT2D eigenvalue weighted by Crippen LogP contribution is 2.30. The summed E-state index contributed by atoms with van der Waals surface area (Å²) in [7, 11) is 0. The molecule has 0 aliphatic carbocycles. The molecule has 0 amide bonds. The first-order valence-electron chi connectivity index (χ1n) is 10.1. The fraction of sp³-hybridized carbons (Fsp3) is 0. The molecule has 0 aliphatic heterocycles. The van der Waals surface area contributed by atoms with Crippen LogP contribution in [0.5, 0.6) is 0 Å². The first kappa shape index (κ1) is 19.7. The van der Waals surface area contributed by atoms with Gasteiger partial charge < -0.3 is 0 Å². The predicted molar refractivity (Wildman–Crippen MR) is 121 cm³/mol. The Morgan fingerprint density at radius 1 is 0.406 bits per heavy atom. The molecule has 1 heterocycles. The average molecular weight is 421 g/mol. The quantitative estimate of drug-likeness (QED) is 0.320. The zero-order valence-electron chi connectivity index (χ0n) is 16.9. The molecule has 4 aromatic carbocycles. The molecule has 3 nitrogen and oxygen atoms in total. The molecule has 0 bridgehead atoms. The van der Waals surface area contributed by atoms with E-state index in [4.69, 9.17) is 0 Å². The molecule has 0 aliphatic rings. The van der Waals surface area contributed by atoms with Crippen LogP contribution < -0.4 is 0 Å². The van der Waals surface area contributed by atoms with E-state index in [-0.39, 0.29) is 17.2 Å². The Bertz CT molecular complexity index is 1330. The summed E-state index contributed by atoms with van der Waals surface area (Å²) >= 11 is 0. The maximum absolute atomic E-state index is 14.9. The average Bonchev–Trinajstić information content (AvgIpc) is 2.85. The summed E-state index contributed by atoms with van der Waals surface area (Å²) in [5.41, 5.74) is 2.69. The summed E-state index contributed by atoms with van der Waals surface area (Å²) in [5.74, 6) is 0.189. The third kappa shape index (κ3) is 3.88. The van der Waals surface area contributed by atoms with Gasteiger partial charge in [0.2, 0.25) is 0 Å². The van der Waals surface area contributed by atoms with Crippen LogP contribution in [0.3, 0.4) is 0 Å². The molecule has 0 unspecified atom stereocenters. The third-order valence-electron chi connectivity index (χ3n) is 5.09. The van der Waals surface area contributed by atoms with Crippen molar-refractivity contribution in [1.82, 2.24) is 15.0 Å². The smallest absolute Gasteiger partial charge is 0.167 e. The second kappa shape index (κ2) is 8.47. The minimum absolute atomic E-state index is 0.183. The monoisotopic (exact) mass is 421 g/mol. The van der Waals surface area contributed by atoms with Crippen molar-refractivity contribution < 1.29 is 8.78 Å². The van der Waals surface area contributed by atoms with Crippen LogP contribution in [-0.2, 0) is 0 Å². The fourth-order valence-corrected chi connectivity index (χ4v) is 3.49. The number of benzene rings is 4. The fourth-order valence-electron chi connectivity index (χ4n) is 3.49. The molecule has 0 spiro atoms. The van der Waals surface area contributed by atoms with Gasteiger partial charge in [0.05, 0.1) is 5.56 Å². The van der Waals surface area contributed by atoms with E-state index in [2.05, 4.69) is 15.0 Å². The van der Waals surface area contributed by atoms with E-state index < -0.39 is 5.82 Å². The summed E-state index contributed by atoms with van der Waals surface area (Å²) in [4.78, 5) is 13.7. The van der Waals surface area contributed by atoms with Crippen molar-refractivity contribution in [3.05, 3.63) is 115 Å². The van der Waals surface area contributed by atoms with Crippen LogP contribution >= 0.6 is 0 Å². The Hall–Kier alpha value is -4.25. The Balaban J connectivity index is 1.71. The zero-order chi connectivity index (χ0) is 21.9. The van der Waals surface area contributed by atoms with Crippen LogP contribution in [0.1, 0.15) is 0 Å². The summed E-state index contributed by atoms with van der Waals surface area (Å²) in [6.07, 6.45) is 0. The largest absolute Gasteiger partial charge is 0.208 e. The van der Waals surface area contributed by atoms with E-state index in [9.17, 15) is 8.78 Å². The van der Waals surface area contributed by atoms with E-state index in [1.165, 1.54) is 12.1 Å². The summed E-state index contributed by atoms with van der Waals surface area (Å²) in [6, 6.07) is 29.8. The molecule has 0 saturated carbocycles. The van der Waals surface area contributed by atoms with Crippen molar-refractivity contribution in [2.24, 2.45) is 0 Å². The van der Waals surface area contributed by atoms with Gasteiger partial charge in [0, 0.05) is 16.7 Å². The number of aromatic nitrogens is 3. The second-order valence-corrected chi connectivity index (χ2v) is 7.21. The third-order valence-corrected chi connectivity index (χ3v) is 5.09. The lowest BCUT2D eigenvalue weighted by Crippen LogP contribution is -2.01. The van der Waals surface area contributed by atoms with Gasteiger partial charge in [-0.3, -0.25) is 0 Å². The molecule has 0 radical (unpaired) electrons. The van der Waals surface area contributed by atoms with Crippen molar-refractivity contribution >= 4 is 0 Å². The number of rotatable bonds is 4. The first-order valence-corrected chi connectivity index (χ1v) is 10.1. The van der Waals surface area contributed by atoms with Crippen molar-refractivity contribution in [2.75, 3.05) is 0 Å². The van der Waals surface area contributed by atoms with E-state index in [0.29, 0.717) is 22.8 Å². The SMILES string of the molecule is Fc1ccccc1-c1ccc(F)c(-c2nc(-c3ccccc3)nc(-c3ccccc3)n2)c1. The van der Waals surface area contributed by atoms with Crippen molar-refractivity contribution in [2.45, 2.75) is 0 Å².